The summed E-state index contributed by atoms with van der Waals surface area (Å²) in [6, 6.07) is 0. The molecule has 0 saturated carbocycles. The molecular weight excluding hydrogens is 248 g/mol. The van der Waals surface area contributed by atoms with Gasteiger partial charge in [0.15, 0.2) is 0 Å². The van der Waals surface area contributed by atoms with Gasteiger partial charge in [-0.15, -0.1) is 11.8 Å². The van der Waals surface area contributed by atoms with Crippen LogP contribution in [-0.2, 0) is 23.9 Å². The highest BCUT2D eigenvalue weighted by atomic mass is 32.2. The molecule has 0 aromatic carbocycles. The quantitative estimate of drug-likeness (QED) is 0.645. The van der Waals surface area contributed by atoms with E-state index in [-0.39, 0.29) is 25.2 Å². The Bertz CT molecular complexity index is 278. The van der Waals surface area contributed by atoms with Crippen LogP contribution >= 0.6 is 11.8 Å². The molecule has 1 atom stereocenters. The minimum Gasteiger partial charge on any atom is -0.480 e. The lowest BCUT2D eigenvalue weighted by molar-refractivity contribution is -0.142. The third kappa shape index (κ3) is 7.62. The van der Waals surface area contributed by atoms with E-state index < -0.39 is 17.2 Å². The average Bonchev–Trinajstić information content (AvgIpc) is 2.31. The maximum atomic E-state index is 10.9. The number of esters is 2. The molecule has 0 aromatic heterocycles. The van der Waals surface area contributed by atoms with Gasteiger partial charge in [0.1, 0.15) is 5.25 Å². The van der Waals surface area contributed by atoms with Crippen LogP contribution in [0.1, 0.15) is 19.3 Å². The summed E-state index contributed by atoms with van der Waals surface area (Å²) in [5.41, 5.74) is 0. The summed E-state index contributed by atoms with van der Waals surface area (Å²) in [6.07, 6.45) is 0.399. The predicted molar refractivity (Wildman–Crippen MR) is 61.8 cm³/mol. The standard InChI is InChI=1S/C10H16O6S/c1-15-8(11)4-3-7(10(13)14)17-6-5-9(12)16-2/h7H,3-6H2,1-2H3,(H,13,14). The Morgan fingerprint density at radius 2 is 1.65 bits per heavy atom. The molecule has 7 heteroatoms. The first-order valence-electron chi connectivity index (χ1n) is 4.99. The Balaban J connectivity index is 3.95. The summed E-state index contributed by atoms with van der Waals surface area (Å²) in [7, 11) is 2.53. The van der Waals surface area contributed by atoms with Gasteiger partial charge in [0.2, 0.25) is 0 Å². The van der Waals surface area contributed by atoms with Crippen molar-refractivity contribution in [1.82, 2.24) is 0 Å². The van der Waals surface area contributed by atoms with E-state index in [1.807, 2.05) is 0 Å². The molecule has 0 heterocycles. The van der Waals surface area contributed by atoms with Crippen molar-refractivity contribution in [1.29, 1.82) is 0 Å². The van der Waals surface area contributed by atoms with Gasteiger partial charge in [0, 0.05) is 12.2 Å². The van der Waals surface area contributed by atoms with Gasteiger partial charge in [-0.05, 0) is 6.42 Å². The third-order valence-corrected chi connectivity index (χ3v) is 3.25. The Labute approximate surface area is 104 Å². The van der Waals surface area contributed by atoms with Gasteiger partial charge in [0.05, 0.1) is 20.6 Å². The Kier molecular flexibility index (Phi) is 8.21. The number of carbonyl (C=O) groups excluding carboxylic acids is 2. The number of ether oxygens (including phenoxy) is 2. The fourth-order valence-corrected chi connectivity index (χ4v) is 2.01. The van der Waals surface area contributed by atoms with Gasteiger partial charge in [-0.2, -0.15) is 0 Å². The monoisotopic (exact) mass is 264 g/mol. The van der Waals surface area contributed by atoms with Crippen LogP contribution in [0.15, 0.2) is 0 Å². The lowest BCUT2D eigenvalue weighted by Crippen LogP contribution is -2.19. The molecule has 0 rings (SSSR count). The van der Waals surface area contributed by atoms with E-state index in [4.69, 9.17) is 5.11 Å². The van der Waals surface area contributed by atoms with Crippen LogP contribution in [0.25, 0.3) is 0 Å². The van der Waals surface area contributed by atoms with Gasteiger partial charge < -0.3 is 14.6 Å². The first-order valence-corrected chi connectivity index (χ1v) is 6.04. The molecular formula is C10H16O6S. The van der Waals surface area contributed by atoms with Crippen molar-refractivity contribution in [3.05, 3.63) is 0 Å². The summed E-state index contributed by atoms with van der Waals surface area (Å²) < 4.78 is 8.86. The van der Waals surface area contributed by atoms with Crippen LogP contribution < -0.4 is 0 Å². The summed E-state index contributed by atoms with van der Waals surface area (Å²) >= 11 is 1.12. The molecule has 17 heavy (non-hydrogen) atoms. The average molecular weight is 264 g/mol. The number of hydrogen-bond donors (Lipinski definition) is 1. The second-order valence-corrected chi connectivity index (χ2v) is 4.45. The number of carboxylic acid groups (broad SMARTS) is 1. The molecule has 0 aliphatic carbocycles. The van der Waals surface area contributed by atoms with E-state index in [0.29, 0.717) is 5.75 Å². The van der Waals surface area contributed by atoms with Crippen molar-refractivity contribution in [2.75, 3.05) is 20.0 Å². The molecule has 6 nitrogen and oxygen atoms in total. The highest BCUT2D eigenvalue weighted by Gasteiger charge is 2.19. The molecule has 0 radical (unpaired) electrons. The summed E-state index contributed by atoms with van der Waals surface area (Å²) in [5.74, 6) is -1.46. The highest BCUT2D eigenvalue weighted by molar-refractivity contribution is 8.00. The molecule has 0 fully saturated rings. The van der Waals surface area contributed by atoms with Crippen LogP contribution in [0, 0.1) is 0 Å². The molecule has 0 aliphatic rings. The number of rotatable bonds is 8. The van der Waals surface area contributed by atoms with Crippen LogP contribution in [0.4, 0.5) is 0 Å². The smallest absolute Gasteiger partial charge is 0.316 e. The molecule has 0 spiro atoms. The molecule has 0 aliphatic heterocycles. The van der Waals surface area contributed by atoms with Crippen molar-refractivity contribution < 1.29 is 29.0 Å². The fourth-order valence-electron chi connectivity index (χ4n) is 1.02. The molecule has 0 aromatic rings. The van der Waals surface area contributed by atoms with Gasteiger partial charge in [-0.1, -0.05) is 0 Å². The normalized spacial score (nSPS) is 11.6. The lowest BCUT2D eigenvalue weighted by atomic mass is 10.2. The maximum Gasteiger partial charge on any atom is 0.316 e. The topological polar surface area (TPSA) is 89.9 Å². The number of hydrogen-bond acceptors (Lipinski definition) is 6. The fraction of sp³-hybridized carbons (Fsp3) is 0.700. The van der Waals surface area contributed by atoms with Crippen molar-refractivity contribution >= 4 is 29.7 Å². The zero-order valence-electron chi connectivity index (χ0n) is 9.80. The number of thioether (sulfide) groups is 1. The SMILES string of the molecule is COC(=O)CCSC(CCC(=O)OC)C(=O)O. The first-order chi connectivity index (χ1) is 8.01. The first kappa shape index (κ1) is 15.8. The Morgan fingerprint density at radius 1 is 1.12 bits per heavy atom. The van der Waals surface area contributed by atoms with Crippen LogP contribution in [0.3, 0.4) is 0 Å². The maximum absolute atomic E-state index is 10.9. The van der Waals surface area contributed by atoms with Gasteiger partial charge in [-0.3, -0.25) is 14.4 Å². The number of aliphatic carboxylic acids is 1. The zero-order valence-corrected chi connectivity index (χ0v) is 10.6. The summed E-state index contributed by atoms with van der Waals surface area (Å²) in [6.45, 7) is 0. The molecule has 98 valence electrons. The number of carbonyl (C=O) groups is 3. The Morgan fingerprint density at radius 3 is 2.12 bits per heavy atom. The van der Waals surface area contributed by atoms with E-state index in [9.17, 15) is 14.4 Å². The molecule has 0 amide bonds. The zero-order chi connectivity index (χ0) is 13.3. The van der Waals surface area contributed by atoms with Gasteiger partial charge in [-0.25, -0.2) is 0 Å². The van der Waals surface area contributed by atoms with Crippen molar-refractivity contribution in [2.24, 2.45) is 0 Å². The number of carboxylic acids is 1. The largest absolute Gasteiger partial charge is 0.480 e. The minimum atomic E-state index is -0.997. The van der Waals surface area contributed by atoms with E-state index in [2.05, 4.69) is 9.47 Å². The van der Waals surface area contributed by atoms with Gasteiger partial charge in [0.25, 0.3) is 0 Å². The van der Waals surface area contributed by atoms with Crippen LogP contribution in [-0.4, -0.2) is 48.2 Å². The third-order valence-electron chi connectivity index (χ3n) is 1.97. The van der Waals surface area contributed by atoms with Crippen molar-refractivity contribution in [3.8, 4) is 0 Å². The second kappa shape index (κ2) is 8.86. The minimum absolute atomic E-state index is 0.0543. The van der Waals surface area contributed by atoms with Crippen LogP contribution in [0.2, 0.25) is 0 Å². The van der Waals surface area contributed by atoms with E-state index in [0.717, 1.165) is 11.8 Å². The second-order valence-electron chi connectivity index (χ2n) is 3.14. The van der Waals surface area contributed by atoms with E-state index in [1.165, 1.54) is 14.2 Å². The van der Waals surface area contributed by atoms with Crippen LogP contribution in [0.5, 0.6) is 0 Å². The van der Waals surface area contributed by atoms with E-state index in [1.54, 1.807) is 0 Å². The van der Waals surface area contributed by atoms with Crippen molar-refractivity contribution in [3.63, 3.8) is 0 Å². The molecule has 1 unspecified atom stereocenters. The highest BCUT2D eigenvalue weighted by Crippen LogP contribution is 2.18. The number of methoxy groups -OCH3 is 2. The summed E-state index contributed by atoms with van der Waals surface area (Å²) in [5, 5.41) is 8.18. The predicted octanol–water partition coefficient (Wildman–Crippen LogP) is 0.689. The molecule has 0 bridgehead atoms. The van der Waals surface area contributed by atoms with Crippen molar-refractivity contribution in [2.45, 2.75) is 24.5 Å². The Hall–Kier alpha value is -1.24. The molecule has 0 saturated heterocycles. The lowest BCUT2D eigenvalue weighted by Gasteiger charge is -2.10. The van der Waals surface area contributed by atoms with E-state index >= 15 is 0 Å². The molecule has 1 N–H and O–H groups in total. The van der Waals surface area contributed by atoms with Gasteiger partial charge >= 0.3 is 17.9 Å². The summed E-state index contributed by atoms with van der Waals surface area (Å²) in [4.78, 5) is 32.5.